The number of nitrogens with two attached hydrogens (primary N) is 1. The molecule has 9 nitrogen and oxygen atoms in total. The number of nitrogens with zero attached hydrogens (tertiary/aromatic N) is 4. The number of hydrogen-bond donors (Lipinski definition) is 1. The summed E-state index contributed by atoms with van der Waals surface area (Å²) >= 11 is 2.14. The van der Waals surface area contributed by atoms with E-state index < -0.39 is 20.3 Å². The summed E-state index contributed by atoms with van der Waals surface area (Å²) in [4.78, 5) is 8.49. The van der Waals surface area contributed by atoms with Crippen LogP contribution in [0.3, 0.4) is 0 Å². The molecule has 2 aliphatic heterocycles. The van der Waals surface area contributed by atoms with Gasteiger partial charge < -0.3 is 24.4 Å². The van der Waals surface area contributed by atoms with E-state index in [0.717, 1.165) is 9.09 Å². The molecule has 0 amide bonds. The van der Waals surface area contributed by atoms with Crippen molar-refractivity contribution < 1.29 is 18.6 Å². The Balaban J connectivity index is 1.65. The zero-order chi connectivity index (χ0) is 22.1. The van der Waals surface area contributed by atoms with Crippen LogP contribution in [0.25, 0.3) is 11.0 Å². The first-order valence-corrected chi connectivity index (χ1v) is 14.1. The summed E-state index contributed by atoms with van der Waals surface area (Å²) in [6.45, 7) is 15.4. The van der Waals surface area contributed by atoms with Gasteiger partial charge in [0.15, 0.2) is 26.0 Å². The van der Waals surface area contributed by atoms with E-state index in [1.165, 1.54) is 6.33 Å². The quantitative estimate of drug-likeness (QED) is 0.459. The number of nitrogen functional groups attached to an aromatic ring is 1. The minimum absolute atomic E-state index is 0.111. The van der Waals surface area contributed by atoms with E-state index in [2.05, 4.69) is 71.5 Å². The van der Waals surface area contributed by atoms with E-state index in [9.17, 15) is 0 Å². The highest BCUT2D eigenvalue weighted by Gasteiger charge is 2.57. The number of anilines is 1. The topological polar surface area (TPSA) is 107 Å². The summed E-state index contributed by atoms with van der Waals surface area (Å²) in [5, 5.41) is 5.48. The van der Waals surface area contributed by atoms with Gasteiger partial charge in [-0.05, 0) is 54.6 Å². The second kappa shape index (κ2) is 7.34. The van der Waals surface area contributed by atoms with Crippen LogP contribution >= 0.6 is 22.6 Å². The lowest BCUT2D eigenvalue weighted by Gasteiger charge is -2.37. The van der Waals surface area contributed by atoms with Crippen molar-refractivity contribution >= 4 is 47.8 Å². The lowest BCUT2D eigenvalue weighted by atomic mass is 10.1. The lowest BCUT2D eigenvalue weighted by Crippen LogP contribution is -2.44. The van der Waals surface area contributed by atoms with E-state index >= 15 is 0 Å². The van der Waals surface area contributed by atoms with Crippen LogP contribution in [0.15, 0.2) is 6.33 Å². The molecule has 0 aromatic carbocycles. The van der Waals surface area contributed by atoms with Gasteiger partial charge in [0, 0.05) is 0 Å². The van der Waals surface area contributed by atoms with E-state index in [4.69, 9.17) is 24.4 Å². The Labute approximate surface area is 191 Å². The molecule has 2 fully saturated rings. The fourth-order valence-electron chi connectivity index (χ4n) is 3.63. The molecule has 0 spiro atoms. The van der Waals surface area contributed by atoms with E-state index in [1.807, 2.05) is 13.8 Å². The minimum Gasteiger partial charge on any atom is -0.414 e. The molecule has 0 saturated carbocycles. The Morgan fingerprint density at radius 1 is 1.23 bits per heavy atom. The normalized spacial score (nSPS) is 28.9. The van der Waals surface area contributed by atoms with Crippen LogP contribution in [0, 0.1) is 3.70 Å². The summed E-state index contributed by atoms with van der Waals surface area (Å²) in [5.74, 6) is -0.316. The number of aromatic nitrogens is 4. The smallest absolute Gasteiger partial charge is 0.192 e. The summed E-state index contributed by atoms with van der Waals surface area (Å²) in [7, 11) is -1.94. The Kier molecular flexibility index (Phi) is 5.46. The number of hydrogen-bond acceptors (Lipinski definition) is 8. The van der Waals surface area contributed by atoms with Gasteiger partial charge in [-0.1, -0.05) is 20.8 Å². The second-order valence-corrected chi connectivity index (χ2v) is 15.7. The molecule has 2 aromatic heterocycles. The Hall–Kier alpha value is -0.863. The molecule has 0 radical (unpaired) electrons. The highest BCUT2D eigenvalue weighted by Crippen LogP contribution is 2.45. The summed E-state index contributed by atoms with van der Waals surface area (Å²) in [6.07, 6.45) is 0.0814. The highest BCUT2D eigenvalue weighted by atomic mass is 127. The standard InChI is InChI=1S/C19H30IN5O4Si/c1-18(2,3)30(6,7)26-8-10-12-13(29-19(4,5)28-12)17(27-10)25-16-11(14(20)24-25)15(21)22-9-23-16/h9-10,12-13,17H,8H2,1-7H3,(H2,21,22,23)/t10-,12-,13-,17-/m1/s1. The van der Waals surface area contributed by atoms with Crippen molar-refractivity contribution in [1.29, 1.82) is 0 Å². The Morgan fingerprint density at radius 3 is 2.57 bits per heavy atom. The molecule has 4 heterocycles. The molecule has 0 unspecified atom stereocenters. The molecule has 4 rings (SSSR count). The molecule has 30 heavy (non-hydrogen) atoms. The molecule has 11 heteroatoms. The fraction of sp³-hybridized carbons (Fsp3) is 0.737. The molecular weight excluding hydrogens is 517 g/mol. The van der Waals surface area contributed by atoms with Gasteiger partial charge in [0.1, 0.15) is 34.2 Å². The van der Waals surface area contributed by atoms with Crippen molar-refractivity contribution in [1.82, 2.24) is 19.7 Å². The van der Waals surface area contributed by atoms with Crippen LogP contribution in [0.5, 0.6) is 0 Å². The first-order valence-electron chi connectivity index (χ1n) is 10.1. The number of fused-ring (bicyclic) bond motifs is 2. The van der Waals surface area contributed by atoms with E-state index in [1.54, 1.807) is 4.68 Å². The third-order valence-corrected chi connectivity index (χ3v) is 11.5. The third-order valence-electron chi connectivity index (χ3n) is 6.26. The van der Waals surface area contributed by atoms with Gasteiger partial charge in [-0.15, -0.1) is 0 Å². The van der Waals surface area contributed by atoms with Crippen LogP contribution < -0.4 is 5.73 Å². The lowest BCUT2D eigenvalue weighted by molar-refractivity contribution is -0.200. The van der Waals surface area contributed by atoms with Gasteiger partial charge in [0.25, 0.3) is 0 Å². The van der Waals surface area contributed by atoms with Crippen molar-refractivity contribution in [2.75, 3.05) is 12.3 Å². The molecule has 2 N–H and O–H groups in total. The average molecular weight is 547 g/mol. The predicted octanol–water partition coefficient (Wildman–Crippen LogP) is 3.45. The van der Waals surface area contributed by atoms with Crippen molar-refractivity contribution in [3.05, 3.63) is 10.0 Å². The van der Waals surface area contributed by atoms with E-state index in [0.29, 0.717) is 18.1 Å². The number of halogens is 1. The molecule has 0 bridgehead atoms. The van der Waals surface area contributed by atoms with Gasteiger partial charge in [0.2, 0.25) is 0 Å². The molecule has 4 atom stereocenters. The average Bonchev–Trinajstić information content (AvgIpc) is 3.21. The summed E-state index contributed by atoms with van der Waals surface area (Å²) in [6, 6.07) is 0. The van der Waals surface area contributed by atoms with Gasteiger partial charge >= 0.3 is 0 Å². The van der Waals surface area contributed by atoms with Crippen molar-refractivity contribution in [3.63, 3.8) is 0 Å². The van der Waals surface area contributed by atoms with Crippen LogP contribution in [-0.4, -0.2) is 58.8 Å². The Morgan fingerprint density at radius 2 is 1.90 bits per heavy atom. The van der Waals surface area contributed by atoms with Crippen molar-refractivity contribution in [2.24, 2.45) is 0 Å². The molecule has 0 aliphatic carbocycles. The highest BCUT2D eigenvalue weighted by molar-refractivity contribution is 14.1. The van der Waals surface area contributed by atoms with Gasteiger partial charge in [-0.2, -0.15) is 5.10 Å². The maximum atomic E-state index is 6.45. The van der Waals surface area contributed by atoms with Crippen LogP contribution in [0.4, 0.5) is 5.82 Å². The largest absolute Gasteiger partial charge is 0.414 e. The zero-order valence-electron chi connectivity index (χ0n) is 18.5. The van der Waals surface area contributed by atoms with E-state index in [-0.39, 0.29) is 23.4 Å². The Bertz CT molecular complexity index is 960. The summed E-state index contributed by atoms with van der Waals surface area (Å²) in [5.41, 5.74) is 6.68. The van der Waals surface area contributed by atoms with Crippen LogP contribution in [-0.2, 0) is 18.6 Å². The predicted molar refractivity (Wildman–Crippen MR) is 123 cm³/mol. The number of ether oxygens (including phenoxy) is 3. The zero-order valence-corrected chi connectivity index (χ0v) is 21.6. The second-order valence-electron chi connectivity index (χ2n) is 9.89. The molecule has 166 valence electrons. The SMILES string of the molecule is CC1(C)O[C@@H]2[C@H](O1)[C@@H](CO[Si](C)(C)C(C)(C)C)O[C@H]2n1nc(I)c2c(N)ncnc21. The maximum Gasteiger partial charge on any atom is 0.192 e. The first-order chi connectivity index (χ1) is 13.8. The third kappa shape index (κ3) is 3.77. The van der Waals surface area contributed by atoms with Gasteiger partial charge in [-0.3, -0.25) is 0 Å². The number of rotatable bonds is 4. The molecular formula is C19H30IN5O4Si. The maximum absolute atomic E-state index is 6.45. The first kappa shape index (κ1) is 22.3. The van der Waals surface area contributed by atoms with Crippen molar-refractivity contribution in [3.8, 4) is 0 Å². The van der Waals surface area contributed by atoms with Gasteiger partial charge in [-0.25, -0.2) is 14.6 Å². The fourth-order valence-corrected chi connectivity index (χ4v) is 5.39. The summed E-state index contributed by atoms with van der Waals surface area (Å²) < 4.78 is 27.8. The molecule has 2 aromatic rings. The monoisotopic (exact) mass is 547 g/mol. The van der Waals surface area contributed by atoms with Gasteiger partial charge in [0.05, 0.1) is 12.0 Å². The minimum atomic E-state index is -1.94. The van der Waals surface area contributed by atoms with Crippen LogP contribution in [0.1, 0.15) is 40.8 Å². The van der Waals surface area contributed by atoms with Crippen LogP contribution in [0.2, 0.25) is 18.1 Å². The molecule has 2 saturated heterocycles. The molecule has 2 aliphatic rings. The van der Waals surface area contributed by atoms with Crippen molar-refractivity contribution in [2.45, 2.75) is 83.1 Å².